The summed E-state index contributed by atoms with van der Waals surface area (Å²) in [4.78, 5) is 21.4. The Kier molecular flexibility index (Phi) is 4.26. The summed E-state index contributed by atoms with van der Waals surface area (Å²) in [5.74, 6) is -3.13. The highest BCUT2D eigenvalue weighted by Crippen LogP contribution is 2.22. The minimum Gasteiger partial charge on any atom is -0.479 e. The highest BCUT2D eigenvalue weighted by atomic mass is 16.4. The van der Waals surface area contributed by atoms with Crippen molar-refractivity contribution in [3.8, 4) is 0 Å². The average molecular weight is 231 g/mol. The van der Waals surface area contributed by atoms with Gasteiger partial charge in [0.1, 0.15) is 0 Å². The summed E-state index contributed by atoms with van der Waals surface area (Å²) in [5, 5.41) is 30.0. The van der Waals surface area contributed by atoms with E-state index in [1.54, 1.807) is 0 Å². The highest BCUT2D eigenvalue weighted by molar-refractivity contribution is 6.01. The fourth-order valence-electron chi connectivity index (χ4n) is 1.89. The van der Waals surface area contributed by atoms with E-state index in [0.29, 0.717) is 6.42 Å². The molecule has 0 aromatic heterocycles. The van der Waals surface area contributed by atoms with E-state index in [1.807, 2.05) is 0 Å². The molecule has 0 bridgehead atoms. The Morgan fingerprint density at radius 3 is 2.38 bits per heavy atom. The van der Waals surface area contributed by atoms with E-state index in [4.69, 9.17) is 10.2 Å². The van der Waals surface area contributed by atoms with Crippen molar-refractivity contribution < 1.29 is 24.9 Å². The van der Waals surface area contributed by atoms with Gasteiger partial charge in [0.25, 0.3) is 5.60 Å². The van der Waals surface area contributed by atoms with Crippen LogP contribution in [0.3, 0.4) is 0 Å². The molecule has 6 nitrogen and oxygen atoms in total. The molecule has 6 heteroatoms. The molecule has 0 amide bonds. The molecular weight excluding hydrogens is 214 g/mol. The Morgan fingerprint density at radius 2 is 1.94 bits per heavy atom. The number of piperidine rings is 1. The zero-order chi connectivity index (χ0) is 12.2. The van der Waals surface area contributed by atoms with E-state index in [-0.39, 0.29) is 12.3 Å². The number of hydrogen-bond donors (Lipinski definition) is 4. The lowest BCUT2D eigenvalue weighted by Gasteiger charge is -2.25. The lowest BCUT2D eigenvalue weighted by Crippen LogP contribution is -2.47. The molecule has 0 unspecified atom stereocenters. The first-order chi connectivity index (χ1) is 7.47. The van der Waals surface area contributed by atoms with Crippen LogP contribution < -0.4 is 5.32 Å². The first kappa shape index (κ1) is 12.9. The number of nitrogens with one attached hydrogen (secondary N) is 1. The third-order valence-electron chi connectivity index (χ3n) is 3.02. The van der Waals surface area contributed by atoms with E-state index in [2.05, 4.69) is 5.32 Å². The number of aliphatic hydroxyl groups is 1. The van der Waals surface area contributed by atoms with Crippen LogP contribution in [0.5, 0.6) is 0 Å². The van der Waals surface area contributed by atoms with Gasteiger partial charge in [-0.3, -0.25) is 0 Å². The molecule has 92 valence electrons. The SMILES string of the molecule is O=C(O)C(O)(CC[C@H]1CCCNC1)C(=O)O. The predicted octanol–water partition coefficient (Wildman–Crippen LogP) is -0.333. The van der Waals surface area contributed by atoms with E-state index in [0.717, 1.165) is 25.9 Å². The van der Waals surface area contributed by atoms with Gasteiger partial charge in [-0.25, -0.2) is 9.59 Å². The Bertz CT molecular complexity index is 258. The van der Waals surface area contributed by atoms with Crippen molar-refractivity contribution in [3.05, 3.63) is 0 Å². The number of carbonyl (C=O) groups is 2. The molecule has 4 N–H and O–H groups in total. The van der Waals surface area contributed by atoms with Crippen LogP contribution in [0.2, 0.25) is 0 Å². The van der Waals surface area contributed by atoms with Crippen molar-refractivity contribution in [1.82, 2.24) is 5.32 Å². The standard InChI is InChI=1S/C10H17NO5/c12-8(13)10(16,9(14)15)4-3-7-2-1-5-11-6-7/h7,11,16H,1-6H2,(H,12,13)(H,14,15)/t7-/m1/s1. The largest absolute Gasteiger partial charge is 0.479 e. The van der Waals surface area contributed by atoms with Crippen molar-refractivity contribution >= 4 is 11.9 Å². The van der Waals surface area contributed by atoms with E-state index >= 15 is 0 Å². The van der Waals surface area contributed by atoms with Gasteiger partial charge in [-0.2, -0.15) is 0 Å². The second-order valence-corrected chi connectivity index (χ2v) is 4.22. The number of hydrogen-bond acceptors (Lipinski definition) is 4. The topological polar surface area (TPSA) is 107 Å². The van der Waals surface area contributed by atoms with Gasteiger partial charge in [0.05, 0.1) is 0 Å². The number of rotatable bonds is 5. The second-order valence-electron chi connectivity index (χ2n) is 4.22. The van der Waals surface area contributed by atoms with Crippen LogP contribution >= 0.6 is 0 Å². The molecule has 1 rings (SSSR count). The third-order valence-corrected chi connectivity index (χ3v) is 3.02. The molecule has 0 aromatic carbocycles. The average Bonchev–Trinajstić information content (AvgIpc) is 2.26. The van der Waals surface area contributed by atoms with Gasteiger partial charge in [0, 0.05) is 0 Å². The van der Waals surface area contributed by atoms with Crippen molar-refractivity contribution in [3.63, 3.8) is 0 Å². The molecule has 1 aliphatic heterocycles. The molecule has 0 spiro atoms. The van der Waals surface area contributed by atoms with Gasteiger partial charge in [0.2, 0.25) is 0 Å². The fourth-order valence-corrected chi connectivity index (χ4v) is 1.89. The summed E-state index contributed by atoms with van der Waals surface area (Å²) in [7, 11) is 0. The Balaban J connectivity index is 2.49. The lowest BCUT2D eigenvalue weighted by atomic mass is 9.88. The number of carboxylic acid groups (broad SMARTS) is 2. The zero-order valence-corrected chi connectivity index (χ0v) is 8.98. The summed E-state index contributed by atoms with van der Waals surface area (Å²) < 4.78 is 0. The summed E-state index contributed by atoms with van der Waals surface area (Å²) >= 11 is 0. The molecule has 1 atom stereocenters. The fraction of sp³-hybridized carbons (Fsp3) is 0.800. The Morgan fingerprint density at radius 1 is 1.31 bits per heavy atom. The van der Waals surface area contributed by atoms with Crippen molar-refractivity contribution in [1.29, 1.82) is 0 Å². The van der Waals surface area contributed by atoms with Crippen LogP contribution in [0, 0.1) is 5.92 Å². The van der Waals surface area contributed by atoms with Gasteiger partial charge in [0.15, 0.2) is 0 Å². The van der Waals surface area contributed by atoms with Gasteiger partial charge in [-0.15, -0.1) is 0 Å². The lowest BCUT2D eigenvalue weighted by molar-refractivity contribution is -0.177. The summed E-state index contributed by atoms with van der Waals surface area (Å²) in [6.45, 7) is 1.70. The molecule has 16 heavy (non-hydrogen) atoms. The first-order valence-corrected chi connectivity index (χ1v) is 5.36. The maximum Gasteiger partial charge on any atom is 0.347 e. The minimum absolute atomic E-state index is 0.246. The maximum atomic E-state index is 10.7. The molecular formula is C10H17NO5. The molecule has 0 aliphatic carbocycles. The van der Waals surface area contributed by atoms with Crippen LogP contribution in [0.15, 0.2) is 0 Å². The second kappa shape index (κ2) is 5.27. The number of carboxylic acids is 2. The molecule has 1 aliphatic rings. The molecule has 1 heterocycles. The molecule has 0 aromatic rings. The van der Waals surface area contributed by atoms with Crippen LogP contribution in [0.1, 0.15) is 25.7 Å². The smallest absolute Gasteiger partial charge is 0.347 e. The number of aliphatic carboxylic acids is 2. The quantitative estimate of drug-likeness (QED) is 0.482. The van der Waals surface area contributed by atoms with Crippen LogP contribution in [0.25, 0.3) is 0 Å². The third kappa shape index (κ3) is 2.93. The van der Waals surface area contributed by atoms with Crippen molar-refractivity contribution in [2.24, 2.45) is 5.92 Å². The van der Waals surface area contributed by atoms with Gasteiger partial charge < -0.3 is 20.6 Å². The monoisotopic (exact) mass is 231 g/mol. The van der Waals surface area contributed by atoms with Crippen molar-refractivity contribution in [2.45, 2.75) is 31.3 Å². The highest BCUT2D eigenvalue weighted by Gasteiger charge is 2.44. The van der Waals surface area contributed by atoms with Crippen LogP contribution in [-0.2, 0) is 9.59 Å². The van der Waals surface area contributed by atoms with Crippen molar-refractivity contribution in [2.75, 3.05) is 13.1 Å². The van der Waals surface area contributed by atoms with E-state index < -0.39 is 17.5 Å². The van der Waals surface area contributed by atoms with Gasteiger partial charge >= 0.3 is 11.9 Å². The Hall–Kier alpha value is -1.14. The summed E-state index contributed by atoms with van der Waals surface area (Å²) in [5.41, 5.74) is -2.64. The maximum absolute atomic E-state index is 10.7. The van der Waals surface area contributed by atoms with E-state index in [9.17, 15) is 14.7 Å². The molecule has 1 saturated heterocycles. The molecule has 0 radical (unpaired) electrons. The van der Waals surface area contributed by atoms with Gasteiger partial charge in [-0.05, 0) is 44.7 Å². The summed E-state index contributed by atoms with van der Waals surface area (Å²) in [6, 6.07) is 0. The van der Waals surface area contributed by atoms with Gasteiger partial charge in [-0.1, -0.05) is 0 Å². The van der Waals surface area contributed by atoms with Crippen LogP contribution in [0.4, 0.5) is 0 Å². The normalized spacial score (nSPS) is 21.7. The predicted molar refractivity (Wildman–Crippen MR) is 55.0 cm³/mol. The first-order valence-electron chi connectivity index (χ1n) is 5.36. The molecule has 0 saturated carbocycles. The summed E-state index contributed by atoms with van der Waals surface area (Å²) in [6.07, 6.45) is 2.11. The Labute approximate surface area is 93.3 Å². The minimum atomic E-state index is -2.64. The zero-order valence-electron chi connectivity index (χ0n) is 8.98. The molecule has 1 fully saturated rings. The van der Waals surface area contributed by atoms with E-state index in [1.165, 1.54) is 0 Å². The van der Waals surface area contributed by atoms with Crippen LogP contribution in [-0.4, -0.2) is 45.9 Å².